The van der Waals surface area contributed by atoms with Gasteiger partial charge in [-0.05, 0) is 61.6 Å². The van der Waals surface area contributed by atoms with Crippen LogP contribution in [0.1, 0.15) is 35.3 Å². The number of piperazine rings is 1. The van der Waals surface area contributed by atoms with Crippen molar-refractivity contribution in [2.75, 3.05) is 69.6 Å². The molecule has 0 spiro atoms. The third-order valence-corrected chi connectivity index (χ3v) is 8.20. The summed E-state index contributed by atoms with van der Waals surface area (Å²) in [6, 6.07) is 8.35. The summed E-state index contributed by atoms with van der Waals surface area (Å²) in [6.45, 7) is 8.35. The minimum atomic E-state index is -4.58. The SMILES string of the molecule is Nc1nc(C(F)(F)F)ccc1F.O=C(O)c1ccc(N2CCC(CN3CCN(CC4OCCC(O)C4O)CC3)CC2)cc1. The van der Waals surface area contributed by atoms with Gasteiger partial charge in [-0.3, -0.25) is 4.90 Å². The van der Waals surface area contributed by atoms with Crippen LogP contribution < -0.4 is 10.6 Å². The number of benzene rings is 1. The number of pyridine rings is 1. The zero-order valence-electron chi connectivity index (χ0n) is 23.8. The highest BCUT2D eigenvalue weighted by Gasteiger charge is 2.34. The average molecular weight is 614 g/mol. The first kappa shape index (κ1) is 32.9. The van der Waals surface area contributed by atoms with Gasteiger partial charge in [0.25, 0.3) is 0 Å². The highest BCUT2D eigenvalue weighted by Crippen LogP contribution is 2.28. The monoisotopic (exact) mass is 613 g/mol. The molecule has 3 unspecified atom stereocenters. The fourth-order valence-electron chi connectivity index (χ4n) is 5.60. The minimum Gasteiger partial charge on any atom is -0.478 e. The van der Waals surface area contributed by atoms with Crippen LogP contribution in [0.15, 0.2) is 36.4 Å². The number of aliphatic hydroxyl groups is 2. The molecule has 3 aliphatic rings. The van der Waals surface area contributed by atoms with Crippen LogP contribution in [0, 0.1) is 11.7 Å². The minimum absolute atomic E-state index is 0.288. The van der Waals surface area contributed by atoms with Gasteiger partial charge in [-0.1, -0.05) is 0 Å². The number of aliphatic hydroxyl groups excluding tert-OH is 2. The van der Waals surface area contributed by atoms with E-state index in [-0.39, 0.29) is 6.10 Å². The fraction of sp³-hybridized carbons (Fsp3) is 0.586. The van der Waals surface area contributed by atoms with E-state index in [0.717, 1.165) is 64.3 Å². The van der Waals surface area contributed by atoms with Crippen LogP contribution in [0.3, 0.4) is 0 Å². The van der Waals surface area contributed by atoms with Crippen LogP contribution >= 0.6 is 0 Å². The molecule has 2 aromatic rings. The lowest BCUT2D eigenvalue weighted by Crippen LogP contribution is -2.54. The zero-order chi connectivity index (χ0) is 31.1. The summed E-state index contributed by atoms with van der Waals surface area (Å²) in [6.07, 6.45) is -3.50. The third-order valence-electron chi connectivity index (χ3n) is 8.20. The molecule has 0 radical (unpaired) electrons. The maximum atomic E-state index is 12.3. The van der Waals surface area contributed by atoms with Crippen molar-refractivity contribution in [3.8, 4) is 0 Å². The number of nitrogen functional groups attached to an aromatic ring is 1. The molecule has 3 fully saturated rings. The number of carboxylic acids is 1. The number of aromatic nitrogens is 1. The first-order chi connectivity index (χ1) is 20.4. The fourth-order valence-corrected chi connectivity index (χ4v) is 5.60. The zero-order valence-corrected chi connectivity index (χ0v) is 23.8. The van der Waals surface area contributed by atoms with Gasteiger partial charge in [-0.2, -0.15) is 13.2 Å². The van der Waals surface area contributed by atoms with Crippen molar-refractivity contribution in [3.63, 3.8) is 0 Å². The lowest BCUT2D eigenvalue weighted by Gasteiger charge is -2.41. The molecule has 4 heterocycles. The first-order valence-electron chi connectivity index (χ1n) is 14.4. The normalized spacial score (nSPS) is 24.3. The molecule has 10 nitrogen and oxygen atoms in total. The maximum Gasteiger partial charge on any atom is 0.433 e. The Labute approximate surface area is 247 Å². The molecule has 43 heavy (non-hydrogen) atoms. The Morgan fingerprint density at radius 2 is 1.53 bits per heavy atom. The smallest absolute Gasteiger partial charge is 0.433 e. The van der Waals surface area contributed by atoms with Crippen LogP contribution in [-0.4, -0.2) is 113 Å². The Hall–Kier alpha value is -3.04. The van der Waals surface area contributed by atoms with Crippen LogP contribution in [0.5, 0.6) is 0 Å². The van der Waals surface area contributed by atoms with Crippen molar-refractivity contribution in [3.05, 3.63) is 53.5 Å². The summed E-state index contributed by atoms with van der Waals surface area (Å²) < 4.78 is 53.6. The van der Waals surface area contributed by atoms with E-state index in [1.807, 2.05) is 12.1 Å². The highest BCUT2D eigenvalue weighted by atomic mass is 19.4. The molecule has 0 bridgehead atoms. The number of carboxylic acid groups (broad SMARTS) is 1. The largest absolute Gasteiger partial charge is 0.478 e. The second-order valence-corrected chi connectivity index (χ2v) is 11.2. The van der Waals surface area contributed by atoms with Crippen molar-refractivity contribution in [2.45, 2.75) is 43.8 Å². The summed E-state index contributed by atoms with van der Waals surface area (Å²) in [5.41, 5.74) is 5.08. The average Bonchev–Trinajstić information content (AvgIpc) is 2.98. The molecule has 14 heteroatoms. The van der Waals surface area contributed by atoms with E-state index in [9.17, 15) is 32.6 Å². The number of anilines is 2. The molecule has 1 aromatic carbocycles. The standard InChI is InChI=1S/C23H35N3O5.C6H4F4N2/c27-20-7-14-31-21(22(20)28)16-25-12-10-24(11-13-25)15-17-5-8-26(9-6-17)19-3-1-18(2-4-19)23(29)30;7-3-1-2-4(6(8,9)10)12-5(3)11/h1-4,17,20-22,27-28H,5-16H2,(H,29,30);1-2H,(H2,11,12). The van der Waals surface area contributed by atoms with E-state index in [4.69, 9.17) is 15.6 Å². The quantitative estimate of drug-likeness (QED) is 0.360. The van der Waals surface area contributed by atoms with Crippen molar-refractivity contribution in [2.24, 2.45) is 5.92 Å². The summed E-state index contributed by atoms with van der Waals surface area (Å²) in [7, 11) is 0. The van der Waals surface area contributed by atoms with Gasteiger partial charge < -0.3 is 35.6 Å². The number of piperidine rings is 1. The molecule has 0 aliphatic carbocycles. The second kappa shape index (κ2) is 14.6. The Morgan fingerprint density at radius 3 is 2.09 bits per heavy atom. The summed E-state index contributed by atoms with van der Waals surface area (Å²) in [5.74, 6) is -1.89. The molecule has 1 aromatic heterocycles. The molecule has 238 valence electrons. The predicted molar refractivity (Wildman–Crippen MR) is 151 cm³/mol. The van der Waals surface area contributed by atoms with E-state index in [1.165, 1.54) is 0 Å². The Bertz CT molecular complexity index is 1190. The van der Waals surface area contributed by atoms with E-state index in [2.05, 4.69) is 19.7 Å². The number of halogens is 4. The van der Waals surface area contributed by atoms with E-state index in [0.29, 0.717) is 43.2 Å². The summed E-state index contributed by atoms with van der Waals surface area (Å²) >= 11 is 0. The summed E-state index contributed by atoms with van der Waals surface area (Å²) in [4.78, 5) is 21.1. The van der Waals surface area contributed by atoms with Gasteiger partial charge in [0.15, 0.2) is 11.6 Å². The predicted octanol–water partition coefficient (Wildman–Crippen LogP) is 2.55. The van der Waals surface area contributed by atoms with Gasteiger partial charge in [0, 0.05) is 64.7 Å². The number of rotatable bonds is 6. The second-order valence-electron chi connectivity index (χ2n) is 11.2. The molecule has 3 saturated heterocycles. The summed E-state index contributed by atoms with van der Waals surface area (Å²) in [5, 5.41) is 29.0. The van der Waals surface area contributed by atoms with Gasteiger partial charge >= 0.3 is 12.1 Å². The topological polar surface area (TPSA) is 136 Å². The first-order valence-corrected chi connectivity index (χ1v) is 14.4. The number of hydrogen-bond donors (Lipinski definition) is 4. The molecule has 5 N–H and O–H groups in total. The van der Waals surface area contributed by atoms with Crippen LogP contribution in [0.25, 0.3) is 0 Å². The Kier molecular flexibility index (Phi) is 11.2. The molecular weight excluding hydrogens is 574 g/mol. The number of carbonyl (C=O) groups is 1. The molecule has 0 saturated carbocycles. The number of nitrogens with two attached hydrogens (primary N) is 1. The van der Waals surface area contributed by atoms with Gasteiger partial charge in [-0.15, -0.1) is 0 Å². The van der Waals surface area contributed by atoms with Crippen LogP contribution in [0.4, 0.5) is 29.1 Å². The lowest BCUT2D eigenvalue weighted by molar-refractivity contribution is -0.143. The Morgan fingerprint density at radius 1 is 0.930 bits per heavy atom. The highest BCUT2D eigenvalue weighted by molar-refractivity contribution is 5.88. The van der Waals surface area contributed by atoms with Crippen molar-refractivity contribution in [1.82, 2.24) is 14.8 Å². The third kappa shape index (κ3) is 9.22. The molecule has 5 rings (SSSR count). The van der Waals surface area contributed by atoms with Crippen LogP contribution in [-0.2, 0) is 10.9 Å². The van der Waals surface area contributed by atoms with E-state index in [1.54, 1.807) is 12.1 Å². The number of hydrogen-bond acceptors (Lipinski definition) is 9. The van der Waals surface area contributed by atoms with Gasteiger partial charge in [0.2, 0.25) is 0 Å². The molecule has 3 aliphatic heterocycles. The van der Waals surface area contributed by atoms with Crippen molar-refractivity contribution >= 4 is 17.5 Å². The van der Waals surface area contributed by atoms with Gasteiger partial charge in [0.1, 0.15) is 11.8 Å². The van der Waals surface area contributed by atoms with Crippen molar-refractivity contribution < 1.29 is 42.4 Å². The van der Waals surface area contributed by atoms with E-state index < -0.39 is 41.7 Å². The number of aromatic carboxylic acids is 1. The van der Waals surface area contributed by atoms with Crippen LogP contribution in [0.2, 0.25) is 0 Å². The Balaban J connectivity index is 0.000000296. The molecule has 3 atom stereocenters. The maximum absolute atomic E-state index is 12.3. The molecular formula is C29H39F4N5O5. The van der Waals surface area contributed by atoms with Gasteiger partial charge in [0.05, 0.1) is 17.8 Å². The number of nitrogens with zero attached hydrogens (tertiary/aromatic N) is 4. The number of alkyl halides is 3. The van der Waals surface area contributed by atoms with E-state index >= 15 is 0 Å². The van der Waals surface area contributed by atoms with Crippen molar-refractivity contribution in [1.29, 1.82) is 0 Å². The molecule has 0 amide bonds. The lowest BCUT2D eigenvalue weighted by atomic mass is 9.95. The van der Waals surface area contributed by atoms with Gasteiger partial charge in [-0.25, -0.2) is 14.2 Å². The number of ether oxygens (including phenoxy) is 1.